The van der Waals surface area contributed by atoms with Gasteiger partial charge in [0.25, 0.3) is 0 Å². The largest absolute Gasteiger partial charge is 0.294 e. The van der Waals surface area contributed by atoms with Crippen LogP contribution in [0.1, 0.15) is 33.6 Å². The van der Waals surface area contributed by atoms with E-state index in [9.17, 15) is 4.79 Å². The van der Waals surface area contributed by atoms with Crippen LogP contribution in [0.3, 0.4) is 0 Å². The SMILES string of the molecule is CCC1=CC(C)C(CC)C1=O. The van der Waals surface area contributed by atoms with Crippen LogP contribution in [0.5, 0.6) is 0 Å². The summed E-state index contributed by atoms with van der Waals surface area (Å²) in [5.74, 6) is 1.15. The lowest BCUT2D eigenvalue weighted by molar-refractivity contribution is -0.119. The molecule has 0 saturated heterocycles. The summed E-state index contributed by atoms with van der Waals surface area (Å²) in [5, 5.41) is 0. The number of carbonyl (C=O) groups is 1. The molecule has 1 rings (SSSR count). The minimum Gasteiger partial charge on any atom is -0.294 e. The van der Waals surface area contributed by atoms with Crippen LogP contribution in [0.25, 0.3) is 0 Å². The number of allylic oxidation sites excluding steroid dienone is 2. The van der Waals surface area contributed by atoms with Crippen LogP contribution in [0.4, 0.5) is 0 Å². The molecule has 1 aliphatic carbocycles. The van der Waals surface area contributed by atoms with E-state index in [-0.39, 0.29) is 5.92 Å². The molecule has 0 radical (unpaired) electrons. The summed E-state index contributed by atoms with van der Waals surface area (Å²) in [7, 11) is 0. The highest BCUT2D eigenvalue weighted by molar-refractivity contribution is 5.99. The molecule has 2 atom stereocenters. The van der Waals surface area contributed by atoms with Gasteiger partial charge in [0.2, 0.25) is 0 Å². The molecule has 2 unspecified atom stereocenters. The maximum Gasteiger partial charge on any atom is 0.162 e. The molecule has 0 bridgehead atoms. The van der Waals surface area contributed by atoms with Crippen molar-refractivity contribution in [2.24, 2.45) is 11.8 Å². The first kappa shape index (κ1) is 8.51. The highest BCUT2D eigenvalue weighted by atomic mass is 16.1. The first-order chi connectivity index (χ1) is 5.20. The lowest BCUT2D eigenvalue weighted by Gasteiger charge is -2.09. The summed E-state index contributed by atoms with van der Waals surface area (Å²) in [6, 6.07) is 0. The fourth-order valence-electron chi connectivity index (χ4n) is 1.84. The molecule has 0 aromatic heterocycles. The van der Waals surface area contributed by atoms with E-state index in [2.05, 4.69) is 26.8 Å². The zero-order valence-electron chi connectivity index (χ0n) is 7.55. The summed E-state index contributed by atoms with van der Waals surface area (Å²) in [5.41, 5.74) is 1.05. The standard InChI is InChI=1S/C10H16O/c1-4-8-6-7(3)9(5-2)10(8)11/h6-7,9H,4-5H2,1-3H3. The Morgan fingerprint density at radius 1 is 1.45 bits per heavy atom. The number of ketones is 1. The summed E-state index contributed by atoms with van der Waals surface area (Å²) >= 11 is 0. The second kappa shape index (κ2) is 3.21. The van der Waals surface area contributed by atoms with Gasteiger partial charge in [-0.15, -0.1) is 0 Å². The molecule has 0 aromatic carbocycles. The van der Waals surface area contributed by atoms with Crippen LogP contribution in [0.2, 0.25) is 0 Å². The van der Waals surface area contributed by atoms with Crippen molar-refractivity contribution in [1.29, 1.82) is 0 Å². The third-order valence-corrected chi connectivity index (χ3v) is 2.57. The summed E-state index contributed by atoms with van der Waals surface area (Å²) in [6.07, 6.45) is 4.02. The molecule has 0 fully saturated rings. The van der Waals surface area contributed by atoms with Crippen LogP contribution in [-0.2, 0) is 4.79 Å². The van der Waals surface area contributed by atoms with E-state index in [1.165, 1.54) is 0 Å². The fraction of sp³-hybridized carbons (Fsp3) is 0.700. The fourth-order valence-corrected chi connectivity index (χ4v) is 1.84. The van der Waals surface area contributed by atoms with Crippen molar-refractivity contribution in [3.05, 3.63) is 11.6 Å². The van der Waals surface area contributed by atoms with E-state index >= 15 is 0 Å². The minimum absolute atomic E-state index is 0.282. The van der Waals surface area contributed by atoms with Crippen LogP contribution in [0, 0.1) is 11.8 Å². The van der Waals surface area contributed by atoms with Crippen LogP contribution < -0.4 is 0 Å². The van der Waals surface area contributed by atoms with Crippen molar-refractivity contribution in [3.8, 4) is 0 Å². The second-order valence-electron chi connectivity index (χ2n) is 3.28. The van der Waals surface area contributed by atoms with Crippen molar-refractivity contribution >= 4 is 5.78 Å². The average Bonchev–Trinajstić information content (AvgIpc) is 2.26. The van der Waals surface area contributed by atoms with Gasteiger partial charge in [-0.2, -0.15) is 0 Å². The van der Waals surface area contributed by atoms with Gasteiger partial charge in [-0.25, -0.2) is 0 Å². The molecular weight excluding hydrogens is 136 g/mol. The van der Waals surface area contributed by atoms with E-state index in [1.54, 1.807) is 0 Å². The number of Topliss-reactive ketones (excluding diaryl/α,β-unsaturated/α-hetero) is 1. The molecule has 0 aliphatic heterocycles. The summed E-state index contributed by atoms with van der Waals surface area (Å²) in [4.78, 5) is 11.5. The zero-order chi connectivity index (χ0) is 8.43. The monoisotopic (exact) mass is 152 g/mol. The number of hydrogen-bond donors (Lipinski definition) is 0. The van der Waals surface area contributed by atoms with Crippen LogP contribution in [-0.4, -0.2) is 5.78 Å². The van der Waals surface area contributed by atoms with Crippen molar-refractivity contribution in [2.75, 3.05) is 0 Å². The Morgan fingerprint density at radius 3 is 2.36 bits per heavy atom. The predicted molar refractivity (Wildman–Crippen MR) is 46.3 cm³/mol. The van der Waals surface area contributed by atoms with Crippen molar-refractivity contribution in [2.45, 2.75) is 33.6 Å². The second-order valence-corrected chi connectivity index (χ2v) is 3.28. The van der Waals surface area contributed by atoms with Crippen molar-refractivity contribution < 1.29 is 4.79 Å². The Morgan fingerprint density at radius 2 is 2.09 bits per heavy atom. The summed E-state index contributed by atoms with van der Waals surface area (Å²) in [6.45, 7) is 6.27. The van der Waals surface area contributed by atoms with Gasteiger partial charge in [0.15, 0.2) is 5.78 Å². The van der Waals surface area contributed by atoms with E-state index in [4.69, 9.17) is 0 Å². The minimum atomic E-state index is 0.282. The first-order valence-corrected chi connectivity index (χ1v) is 4.45. The van der Waals surface area contributed by atoms with Crippen molar-refractivity contribution in [1.82, 2.24) is 0 Å². The smallest absolute Gasteiger partial charge is 0.162 e. The van der Waals surface area contributed by atoms with E-state index in [1.807, 2.05) is 0 Å². The first-order valence-electron chi connectivity index (χ1n) is 4.45. The zero-order valence-corrected chi connectivity index (χ0v) is 7.55. The lowest BCUT2D eigenvalue weighted by Crippen LogP contribution is -2.13. The predicted octanol–water partition coefficient (Wildman–Crippen LogP) is 2.57. The molecule has 1 heteroatoms. The molecule has 1 nitrogen and oxygen atoms in total. The van der Waals surface area contributed by atoms with Gasteiger partial charge in [-0.3, -0.25) is 4.79 Å². The molecule has 62 valence electrons. The molecule has 1 aliphatic rings. The highest BCUT2D eigenvalue weighted by Crippen LogP contribution is 2.30. The van der Waals surface area contributed by atoms with E-state index in [0.29, 0.717) is 11.7 Å². The molecular formula is C10H16O. The summed E-state index contributed by atoms with van der Waals surface area (Å²) < 4.78 is 0. The van der Waals surface area contributed by atoms with Crippen LogP contribution >= 0.6 is 0 Å². The molecule has 0 heterocycles. The third kappa shape index (κ3) is 1.37. The van der Waals surface area contributed by atoms with Gasteiger partial charge in [0, 0.05) is 5.92 Å². The van der Waals surface area contributed by atoms with Crippen LogP contribution in [0.15, 0.2) is 11.6 Å². The van der Waals surface area contributed by atoms with E-state index < -0.39 is 0 Å². The van der Waals surface area contributed by atoms with Gasteiger partial charge in [-0.1, -0.05) is 26.8 Å². The average molecular weight is 152 g/mol. The topological polar surface area (TPSA) is 17.1 Å². The molecule has 11 heavy (non-hydrogen) atoms. The van der Waals surface area contributed by atoms with Crippen molar-refractivity contribution in [3.63, 3.8) is 0 Å². The number of hydrogen-bond acceptors (Lipinski definition) is 1. The third-order valence-electron chi connectivity index (χ3n) is 2.57. The Bertz CT molecular complexity index is 191. The molecule has 0 amide bonds. The number of rotatable bonds is 2. The molecule has 0 spiro atoms. The Balaban J connectivity index is 2.75. The molecule has 0 aromatic rings. The normalized spacial score (nSPS) is 30.8. The maximum absolute atomic E-state index is 11.5. The lowest BCUT2D eigenvalue weighted by atomic mass is 9.93. The van der Waals surface area contributed by atoms with Gasteiger partial charge in [-0.05, 0) is 24.3 Å². The highest BCUT2D eigenvalue weighted by Gasteiger charge is 2.29. The number of carbonyl (C=O) groups excluding carboxylic acids is 1. The van der Waals surface area contributed by atoms with Gasteiger partial charge >= 0.3 is 0 Å². The molecule has 0 saturated carbocycles. The van der Waals surface area contributed by atoms with E-state index in [0.717, 1.165) is 18.4 Å². The van der Waals surface area contributed by atoms with Gasteiger partial charge in [0.1, 0.15) is 0 Å². The Hall–Kier alpha value is -0.590. The van der Waals surface area contributed by atoms with Gasteiger partial charge < -0.3 is 0 Å². The van der Waals surface area contributed by atoms with Gasteiger partial charge in [0.05, 0.1) is 0 Å². The maximum atomic E-state index is 11.5. The Labute approximate surface area is 68.5 Å². The molecule has 0 N–H and O–H groups in total. The quantitative estimate of drug-likeness (QED) is 0.594. The Kier molecular flexibility index (Phi) is 2.48.